The van der Waals surface area contributed by atoms with Gasteiger partial charge < -0.3 is 4.98 Å². The van der Waals surface area contributed by atoms with Crippen LogP contribution >= 0.6 is 0 Å². The first kappa shape index (κ1) is 14.0. The highest BCUT2D eigenvalue weighted by atomic mass is 16.6. The lowest BCUT2D eigenvalue weighted by Gasteiger charge is -2.09. The lowest BCUT2D eigenvalue weighted by Crippen LogP contribution is -2.33. The third-order valence-corrected chi connectivity index (χ3v) is 2.67. The summed E-state index contributed by atoms with van der Waals surface area (Å²) in [6, 6.07) is 9.39. The summed E-state index contributed by atoms with van der Waals surface area (Å²) in [5.74, 6) is -0.930. The van der Waals surface area contributed by atoms with E-state index in [1.807, 2.05) is 30.3 Å². The molecule has 0 aliphatic heterocycles. The van der Waals surface area contributed by atoms with Gasteiger partial charge in [-0.2, -0.15) is 0 Å². The van der Waals surface area contributed by atoms with Crippen molar-refractivity contribution in [3.8, 4) is 0 Å². The van der Waals surface area contributed by atoms with Crippen LogP contribution in [0.15, 0.2) is 42.7 Å². The standard InChI is InChI=1S/C14H14N3O3/c18-9-12(8-13-15-6-7-16-13)14(19)17-20-10-11-4-2-1-3-5-11/h1-7,12H,8,10H2,(H,15,16)(H,17,19). The van der Waals surface area contributed by atoms with Gasteiger partial charge in [0.05, 0.1) is 6.61 Å². The number of aromatic amines is 1. The van der Waals surface area contributed by atoms with Crippen LogP contribution in [0, 0.1) is 5.92 Å². The lowest BCUT2D eigenvalue weighted by atomic mass is 10.1. The highest BCUT2D eigenvalue weighted by Crippen LogP contribution is 2.03. The van der Waals surface area contributed by atoms with Gasteiger partial charge in [-0.15, -0.1) is 0 Å². The zero-order valence-electron chi connectivity index (χ0n) is 10.7. The van der Waals surface area contributed by atoms with Gasteiger partial charge >= 0.3 is 0 Å². The van der Waals surface area contributed by atoms with Crippen molar-refractivity contribution in [2.75, 3.05) is 0 Å². The smallest absolute Gasteiger partial charge is 0.255 e. The maximum absolute atomic E-state index is 11.8. The Morgan fingerprint density at radius 3 is 2.85 bits per heavy atom. The Balaban J connectivity index is 1.79. The summed E-state index contributed by atoms with van der Waals surface area (Å²) in [4.78, 5) is 34.4. The number of hydrogen-bond acceptors (Lipinski definition) is 4. The van der Waals surface area contributed by atoms with Gasteiger partial charge in [0, 0.05) is 18.8 Å². The lowest BCUT2D eigenvalue weighted by molar-refractivity contribution is -0.136. The molecule has 0 spiro atoms. The first-order chi connectivity index (χ1) is 9.79. The molecule has 20 heavy (non-hydrogen) atoms. The van der Waals surface area contributed by atoms with E-state index in [0.717, 1.165) is 5.56 Å². The summed E-state index contributed by atoms with van der Waals surface area (Å²) in [5.41, 5.74) is 3.17. The number of nitrogens with zero attached hydrogens (tertiary/aromatic N) is 1. The summed E-state index contributed by atoms with van der Waals surface area (Å²) in [7, 11) is 0. The van der Waals surface area contributed by atoms with Crippen LogP contribution in [0.3, 0.4) is 0 Å². The zero-order valence-corrected chi connectivity index (χ0v) is 10.7. The summed E-state index contributed by atoms with van der Waals surface area (Å²) in [5, 5.41) is 0. The molecule has 6 nitrogen and oxygen atoms in total. The number of hydroxylamine groups is 1. The van der Waals surface area contributed by atoms with Crippen molar-refractivity contribution in [1.29, 1.82) is 0 Å². The molecular weight excluding hydrogens is 258 g/mol. The third-order valence-electron chi connectivity index (χ3n) is 2.67. The quantitative estimate of drug-likeness (QED) is 0.580. The molecule has 0 aliphatic rings. The Hall–Kier alpha value is -2.47. The van der Waals surface area contributed by atoms with E-state index < -0.39 is 11.8 Å². The largest absolute Gasteiger partial charge is 0.349 e. The van der Waals surface area contributed by atoms with E-state index >= 15 is 0 Å². The molecular formula is C14H14N3O3. The SMILES string of the molecule is O=[C]C(Cc1ncc[nH]1)C(=O)NOCc1ccccc1. The predicted molar refractivity (Wildman–Crippen MR) is 70.8 cm³/mol. The Kier molecular flexibility index (Phi) is 5.02. The van der Waals surface area contributed by atoms with Crippen molar-refractivity contribution >= 4 is 12.2 Å². The Labute approximate surface area is 116 Å². The van der Waals surface area contributed by atoms with Crippen LogP contribution in [0.5, 0.6) is 0 Å². The molecule has 2 N–H and O–H groups in total. The fourth-order valence-corrected chi connectivity index (χ4v) is 1.63. The number of H-pyrrole nitrogens is 1. The van der Waals surface area contributed by atoms with Crippen LogP contribution in [0.4, 0.5) is 0 Å². The minimum Gasteiger partial charge on any atom is -0.349 e. The molecule has 1 unspecified atom stereocenters. The molecule has 1 atom stereocenters. The molecule has 103 valence electrons. The van der Waals surface area contributed by atoms with Crippen LogP contribution in [0.25, 0.3) is 0 Å². The number of aromatic nitrogens is 2. The molecule has 6 heteroatoms. The molecule has 1 amide bonds. The normalized spacial score (nSPS) is 11.8. The number of benzene rings is 1. The molecule has 0 bridgehead atoms. The summed E-state index contributed by atoms with van der Waals surface area (Å²) in [6.45, 7) is 0.235. The number of hydrogen-bond donors (Lipinski definition) is 2. The van der Waals surface area contributed by atoms with E-state index in [-0.39, 0.29) is 13.0 Å². The van der Waals surface area contributed by atoms with Crippen molar-refractivity contribution < 1.29 is 14.4 Å². The highest BCUT2D eigenvalue weighted by Gasteiger charge is 2.20. The van der Waals surface area contributed by atoms with Gasteiger partial charge in [0.15, 0.2) is 0 Å². The predicted octanol–water partition coefficient (Wildman–Crippen LogP) is 0.926. The first-order valence-corrected chi connectivity index (χ1v) is 6.11. The van der Waals surface area contributed by atoms with Crippen molar-refractivity contribution in [2.24, 2.45) is 5.92 Å². The van der Waals surface area contributed by atoms with Gasteiger partial charge in [-0.3, -0.25) is 14.4 Å². The Morgan fingerprint density at radius 1 is 1.40 bits per heavy atom. The average molecular weight is 272 g/mol. The number of rotatable bonds is 7. The van der Waals surface area contributed by atoms with E-state index in [1.165, 1.54) is 0 Å². The number of nitrogens with one attached hydrogen (secondary N) is 2. The molecule has 0 fully saturated rings. The fraction of sp³-hybridized carbons (Fsp3) is 0.214. The second-order valence-corrected chi connectivity index (χ2v) is 4.15. The molecule has 1 heterocycles. The molecule has 1 aromatic carbocycles. The molecule has 2 aromatic rings. The van der Waals surface area contributed by atoms with Crippen LogP contribution in [-0.2, 0) is 27.5 Å². The molecule has 2 rings (SSSR count). The van der Waals surface area contributed by atoms with Gasteiger partial charge in [-0.05, 0) is 5.56 Å². The van der Waals surface area contributed by atoms with Crippen LogP contribution in [0.1, 0.15) is 11.4 Å². The van der Waals surface area contributed by atoms with Gasteiger partial charge in [0.1, 0.15) is 11.7 Å². The van der Waals surface area contributed by atoms with Crippen molar-refractivity contribution in [2.45, 2.75) is 13.0 Å². The fourth-order valence-electron chi connectivity index (χ4n) is 1.63. The monoisotopic (exact) mass is 272 g/mol. The molecule has 1 radical (unpaired) electrons. The average Bonchev–Trinajstić information content (AvgIpc) is 2.98. The number of carbonyl (C=O) groups is 1. The summed E-state index contributed by atoms with van der Waals surface area (Å²) >= 11 is 0. The van der Waals surface area contributed by atoms with E-state index in [4.69, 9.17) is 4.84 Å². The second kappa shape index (κ2) is 7.20. The molecule has 0 aliphatic carbocycles. The zero-order chi connectivity index (χ0) is 14.2. The van der Waals surface area contributed by atoms with Crippen molar-refractivity contribution in [3.05, 3.63) is 54.1 Å². The molecule has 1 aromatic heterocycles. The second-order valence-electron chi connectivity index (χ2n) is 4.15. The van der Waals surface area contributed by atoms with Gasteiger partial charge in [0.2, 0.25) is 6.29 Å². The number of amides is 1. The van der Waals surface area contributed by atoms with E-state index in [1.54, 1.807) is 18.7 Å². The maximum atomic E-state index is 11.8. The first-order valence-electron chi connectivity index (χ1n) is 6.11. The minimum atomic E-state index is -0.947. The van der Waals surface area contributed by atoms with Crippen molar-refractivity contribution in [1.82, 2.24) is 15.4 Å². The third kappa shape index (κ3) is 4.03. The van der Waals surface area contributed by atoms with Crippen molar-refractivity contribution in [3.63, 3.8) is 0 Å². The summed E-state index contributed by atoms with van der Waals surface area (Å²) < 4.78 is 0. The Bertz CT molecular complexity index is 540. The summed E-state index contributed by atoms with van der Waals surface area (Å²) in [6.07, 6.45) is 5.03. The van der Waals surface area contributed by atoms with E-state index in [2.05, 4.69) is 15.4 Å². The van der Waals surface area contributed by atoms with Gasteiger partial charge in [0.25, 0.3) is 5.91 Å². The number of imidazole rings is 1. The Morgan fingerprint density at radius 2 is 2.20 bits per heavy atom. The van der Waals surface area contributed by atoms with E-state index in [0.29, 0.717) is 5.82 Å². The molecule has 0 saturated heterocycles. The van der Waals surface area contributed by atoms with Crippen LogP contribution in [0.2, 0.25) is 0 Å². The molecule has 0 saturated carbocycles. The minimum absolute atomic E-state index is 0.164. The maximum Gasteiger partial charge on any atom is 0.255 e. The van der Waals surface area contributed by atoms with Gasteiger partial charge in [-0.25, -0.2) is 10.5 Å². The van der Waals surface area contributed by atoms with Gasteiger partial charge in [-0.1, -0.05) is 30.3 Å². The topological polar surface area (TPSA) is 84.1 Å². The van der Waals surface area contributed by atoms with E-state index in [9.17, 15) is 9.59 Å². The highest BCUT2D eigenvalue weighted by molar-refractivity contribution is 5.91. The van der Waals surface area contributed by atoms with Crippen LogP contribution in [-0.4, -0.2) is 22.2 Å². The number of carbonyl (C=O) groups excluding carboxylic acids is 2. The van der Waals surface area contributed by atoms with Crippen LogP contribution < -0.4 is 5.48 Å².